The minimum Gasteiger partial charge on any atom is -0.0784 e. The van der Waals surface area contributed by atoms with E-state index >= 15 is 0 Å². The topological polar surface area (TPSA) is 0 Å². The molecule has 0 amide bonds. The Bertz CT molecular complexity index is 218. The molecule has 0 rings (SSSR count). The van der Waals surface area contributed by atoms with Gasteiger partial charge in [0.05, 0.1) is 0 Å². The first-order valence-corrected chi connectivity index (χ1v) is 11.8. The van der Waals surface area contributed by atoms with E-state index in [1.54, 1.807) is 0 Å². The quantitative estimate of drug-likeness (QED) is 0.244. The van der Waals surface area contributed by atoms with Crippen LogP contribution in [0, 0.1) is 4.83 Å². The van der Waals surface area contributed by atoms with E-state index < -0.39 is 10.8 Å². The van der Waals surface area contributed by atoms with Crippen LogP contribution in [0.25, 0.3) is 0 Å². The number of hydrogen-bond acceptors (Lipinski definition) is 0. The maximum atomic E-state index is 3.57. The largest absolute Gasteiger partial charge is 0.161 e. The highest BCUT2D eigenvalue weighted by Crippen LogP contribution is 2.68. The van der Waals surface area contributed by atoms with Crippen molar-refractivity contribution in [3.63, 3.8) is 0 Å². The molecule has 0 unspecified atom stereocenters. The highest BCUT2D eigenvalue weighted by atomic mass is 80.0. The molecule has 16 heavy (non-hydrogen) atoms. The smallest absolute Gasteiger partial charge is 0.0784 e. The lowest BCUT2D eigenvalue weighted by Crippen LogP contribution is -2.45. The molecular weight excluding hydrogens is 939 g/mol. The first kappa shape index (κ1) is 21.3. The van der Waals surface area contributed by atoms with E-state index in [0.717, 1.165) is 4.83 Å². The van der Waals surface area contributed by atoms with Crippen LogP contribution in [0.1, 0.15) is 0 Å². The summed E-state index contributed by atoms with van der Waals surface area (Å²) in [5.74, 6) is 0. The van der Waals surface area contributed by atoms with Crippen molar-refractivity contribution >= 4 is 175 Å². The van der Waals surface area contributed by atoms with E-state index in [0.29, 0.717) is 0 Å². The molecule has 0 aliphatic rings. The Balaban J connectivity index is 5.30. The fraction of sp³-hybridized carbons (Fsp3) is 0.800. The predicted molar refractivity (Wildman–Crippen MR) is 112 cm³/mol. The van der Waals surface area contributed by atoms with Crippen LogP contribution in [0.3, 0.4) is 0 Å². The van der Waals surface area contributed by atoms with Crippen LogP contribution in [0.2, 0.25) is 0 Å². The van der Waals surface area contributed by atoms with Crippen LogP contribution in [-0.2, 0) is 0 Å². The number of alkyl halides is 10. The third-order valence-electron chi connectivity index (χ3n) is 1.26. The van der Waals surface area contributed by atoms with E-state index in [1.165, 1.54) is 0 Å². The third-order valence-corrected chi connectivity index (χ3v) is 18.5. The van der Waals surface area contributed by atoms with Gasteiger partial charge in [0, 0.05) is 0 Å². The first-order chi connectivity index (χ1) is 6.65. The number of rotatable bonds is 2. The van der Waals surface area contributed by atoms with Gasteiger partial charge in [0.1, 0.15) is 11.3 Å². The molecule has 0 saturated heterocycles. The second-order valence-corrected chi connectivity index (χ2v) is 23.7. The van der Waals surface area contributed by atoms with Crippen molar-refractivity contribution in [1.29, 1.82) is 0 Å². The maximum Gasteiger partial charge on any atom is 0.161 e. The SMILES string of the molecule is Br[C](C(Br)(Br)C(Br)(Br)Br)C(Br)(Br)C(Br)(Br)Br. The zero-order valence-corrected chi connectivity index (χ0v) is 24.1. The highest BCUT2D eigenvalue weighted by Gasteiger charge is 2.60. The first-order valence-electron chi connectivity index (χ1n) is 3.08. The van der Waals surface area contributed by atoms with Crippen LogP contribution in [0.4, 0.5) is 0 Å². The summed E-state index contributed by atoms with van der Waals surface area (Å²) >= 11 is 38.6. The lowest BCUT2D eigenvalue weighted by atomic mass is 10.3. The van der Waals surface area contributed by atoms with Crippen molar-refractivity contribution in [2.75, 3.05) is 0 Å². The molecule has 0 bridgehead atoms. The molecule has 0 N–H and O–H groups in total. The van der Waals surface area contributed by atoms with E-state index in [2.05, 4.69) is 175 Å². The summed E-state index contributed by atoms with van der Waals surface area (Å²) in [6.45, 7) is 0. The second kappa shape index (κ2) is 7.23. The van der Waals surface area contributed by atoms with Gasteiger partial charge in [0.15, 0.2) is 4.29 Å². The summed E-state index contributed by atoms with van der Waals surface area (Å²) < 4.78 is -2.46. The molecule has 0 fully saturated rings. The molecule has 1 radical (unpaired) electrons. The van der Waals surface area contributed by atoms with E-state index in [4.69, 9.17) is 0 Å². The molecule has 0 aliphatic heterocycles. The summed E-state index contributed by atoms with van der Waals surface area (Å²) in [6, 6.07) is 0. The van der Waals surface area contributed by atoms with Crippen LogP contribution < -0.4 is 0 Å². The average Bonchev–Trinajstić information content (AvgIpc) is 1.98. The van der Waals surface area contributed by atoms with Crippen molar-refractivity contribution in [3.8, 4) is 0 Å². The van der Waals surface area contributed by atoms with Crippen LogP contribution in [0.15, 0.2) is 0 Å². The maximum absolute atomic E-state index is 3.57. The summed E-state index contributed by atoms with van der Waals surface area (Å²) in [6.07, 6.45) is 0. The van der Waals surface area contributed by atoms with Gasteiger partial charge >= 0.3 is 0 Å². The standard InChI is InChI=1S/C5Br11/c6-1(2(7,8)4(11,12)13)3(9,10)5(14,15)16. The molecule has 0 aliphatic carbocycles. The Morgan fingerprint density at radius 3 is 0.812 bits per heavy atom. The fourth-order valence-corrected chi connectivity index (χ4v) is 6.08. The van der Waals surface area contributed by atoms with Gasteiger partial charge in [0.2, 0.25) is 0 Å². The van der Waals surface area contributed by atoms with Crippen molar-refractivity contribution < 1.29 is 0 Å². The molecular formula is C5Br11. The second-order valence-electron chi connectivity index (χ2n) is 2.46. The van der Waals surface area contributed by atoms with Gasteiger partial charge in [-0.15, -0.1) is 0 Å². The zero-order chi connectivity index (χ0) is 13.6. The Morgan fingerprint density at radius 2 is 0.688 bits per heavy atom. The summed E-state index contributed by atoms with van der Waals surface area (Å²) in [5.41, 5.74) is 0. The predicted octanol–water partition coefficient (Wildman–Crippen LogP) is 8.56. The Hall–Kier alpha value is 5.28. The molecule has 0 aromatic rings. The molecule has 0 saturated carbocycles. The molecule has 0 nitrogen and oxygen atoms in total. The molecule has 11 heteroatoms. The summed E-state index contributed by atoms with van der Waals surface area (Å²) in [4.78, 5) is 0.809. The van der Waals surface area contributed by atoms with E-state index in [-0.39, 0.29) is 0 Å². The summed E-state index contributed by atoms with van der Waals surface area (Å²) in [7, 11) is 0. The normalized spacial score (nSPS) is 15.8. The van der Waals surface area contributed by atoms with E-state index in [1.807, 2.05) is 0 Å². The lowest BCUT2D eigenvalue weighted by molar-refractivity contribution is 0.898. The molecule has 0 aromatic heterocycles. The van der Waals surface area contributed by atoms with Gasteiger partial charge < -0.3 is 0 Å². The van der Waals surface area contributed by atoms with Crippen LogP contribution >= 0.6 is 175 Å². The van der Waals surface area contributed by atoms with Gasteiger partial charge in [-0.2, -0.15) is 0 Å². The Morgan fingerprint density at radius 1 is 0.500 bits per heavy atom. The highest BCUT2D eigenvalue weighted by molar-refractivity contribution is 9.42. The van der Waals surface area contributed by atoms with Gasteiger partial charge in [0.25, 0.3) is 0 Å². The Kier molecular flexibility index (Phi) is 9.62. The Labute approximate surface area is 187 Å². The van der Waals surface area contributed by atoms with Gasteiger partial charge in [-0.05, 0) is 0 Å². The lowest BCUT2D eigenvalue weighted by Gasteiger charge is -2.42. The molecule has 97 valence electrons. The molecule has 0 atom stereocenters. The molecule has 0 spiro atoms. The fourth-order valence-electron chi connectivity index (χ4n) is 0.446. The third kappa shape index (κ3) is 5.18. The molecule has 0 heterocycles. The summed E-state index contributed by atoms with van der Waals surface area (Å²) in [5, 5.41) is 0. The van der Waals surface area contributed by atoms with Crippen molar-refractivity contribution in [3.05, 3.63) is 4.83 Å². The number of hydrogen-bond donors (Lipinski definition) is 0. The monoisotopic (exact) mass is 928 g/mol. The zero-order valence-electron chi connectivity index (χ0n) is 6.66. The minimum absolute atomic E-state index is 0.593. The van der Waals surface area contributed by atoms with Gasteiger partial charge in [-0.1, -0.05) is 175 Å². The molecule has 0 aromatic carbocycles. The average molecular weight is 939 g/mol. The van der Waals surface area contributed by atoms with E-state index in [9.17, 15) is 0 Å². The van der Waals surface area contributed by atoms with Crippen LogP contribution in [-0.4, -0.2) is 10.8 Å². The van der Waals surface area contributed by atoms with Crippen LogP contribution in [0.5, 0.6) is 0 Å². The van der Waals surface area contributed by atoms with Crippen molar-refractivity contribution in [2.24, 2.45) is 0 Å². The van der Waals surface area contributed by atoms with Gasteiger partial charge in [-0.3, -0.25) is 0 Å². The number of halogens is 11. The van der Waals surface area contributed by atoms with Gasteiger partial charge in [-0.25, -0.2) is 0 Å². The minimum atomic E-state index is -0.638. The van der Waals surface area contributed by atoms with Crippen molar-refractivity contribution in [1.82, 2.24) is 0 Å². The van der Waals surface area contributed by atoms with Crippen molar-refractivity contribution in [2.45, 2.75) is 10.8 Å².